The molecule has 0 saturated carbocycles. The molecular formula is C8H8N6O. The molecule has 0 aliphatic heterocycles. The summed E-state index contributed by atoms with van der Waals surface area (Å²) in [6, 6.07) is 1.73. The Labute approximate surface area is 84.5 Å². The number of hydrogen-bond donors (Lipinski definition) is 2. The first-order valence-corrected chi connectivity index (χ1v) is 4.10. The van der Waals surface area contributed by atoms with Crippen LogP contribution in [-0.2, 0) is 0 Å². The second kappa shape index (κ2) is 3.37. The number of nitrogens with two attached hydrogens (primary N) is 2. The van der Waals surface area contributed by atoms with Crippen molar-refractivity contribution in [2.75, 3.05) is 0 Å². The van der Waals surface area contributed by atoms with Crippen molar-refractivity contribution in [2.45, 2.75) is 0 Å². The Kier molecular flexibility index (Phi) is 2.05. The number of carbonyl (C=O) groups excluding carboxylic acids is 1. The van der Waals surface area contributed by atoms with Crippen LogP contribution in [0.5, 0.6) is 0 Å². The third kappa shape index (κ3) is 1.75. The topological polar surface area (TPSA) is 112 Å². The zero-order valence-corrected chi connectivity index (χ0v) is 7.66. The molecule has 1 amide bonds. The molecule has 7 heteroatoms. The van der Waals surface area contributed by atoms with Gasteiger partial charge >= 0.3 is 0 Å². The van der Waals surface area contributed by atoms with E-state index in [9.17, 15) is 4.79 Å². The maximum absolute atomic E-state index is 11.4. The number of guanidine groups is 1. The first kappa shape index (κ1) is 9.13. The normalized spacial score (nSPS) is 10.1. The summed E-state index contributed by atoms with van der Waals surface area (Å²) in [7, 11) is 0. The first-order valence-electron chi connectivity index (χ1n) is 4.10. The van der Waals surface area contributed by atoms with Crippen LogP contribution in [0, 0.1) is 0 Å². The summed E-state index contributed by atoms with van der Waals surface area (Å²) in [5, 5.41) is 0. The van der Waals surface area contributed by atoms with Crippen LogP contribution in [0.4, 0.5) is 0 Å². The molecule has 4 N–H and O–H groups in total. The molecule has 0 aliphatic carbocycles. The van der Waals surface area contributed by atoms with Crippen LogP contribution in [0.25, 0.3) is 5.78 Å². The Bertz CT molecular complexity index is 506. The maximum atomic E-state index is 11.4. The zero-order valence-electron chi connectivity index (χ0n) is 7.66. The van der Waals surface area contributed by atoms with Crippen LogP contribution < -0.4 is 11.5 Å². The van der Waals surface area contributed by atoms with Crippen molar-refractivity contribution >= 4 is 17.6 Å². The van der Waals surface area contributed by atoms with E-state index in [2.05, 4.69) is 15.0 Å². The van der Waals surface area contributed by atoms with E-state index in [1.165, 1.54) is 6.20 Å². The second-order valence-electron chi connectivity index (χ2n) is 2.79. The maximum Gasteiger partial charge on any atom is 0.300 e. The van der Waals surface area contributed by atoms with Gasteiger partial charge in [-0.25, -0.2) is 9.97 Å². The number of imidazole rings is 1. The Morgan fingerprint density at radius 1 is 1.47 bits per heavy atom. The van der Waals surface area contributed by atoms with Gasteiger partial charge in [0.25, 0.3) is 5.91 Å². The molecule has 2 heterocycles. The highest BCUT2D eigenvalue weighted by molar-refractivity contribution is 6.00. The molecule has 2 aromatic rings. The van der Waals surface area contributed by atoms with Gasteiger partial charge in [0.05, 0.1) is 0 Å². The monoisotopic (exact) mass is 204 g/mol. The van der Waals surface area contributed by atoms with E-state index in [0.717, 1.165) is 0 Å². The standard InChI is InChI=1S/C8H8N6O/c9-7(10)13-6(15)5-4-14-3-1-2-11-8(14)12-5/h1-4H,(H4,9,10,13,15). The van der Waals surface area contributed by atoms with Gasteiger partial charge in [-0.2, -0.15) is 4.99 Å². The third-order valence-electron chi connectivity index (χ3n) is 1.69. The number of amides is 1. The molecule has 2 aromatic heterocycles. The Morgan fingerprint density at radius 3 is 2.93 bits per heavy atom. The average molecular weight is 204 g/mol. The Hall–Kier alpha value is -2.44. The predicted octanol–water partition coefficient (Wildman–Crippen LogP) is -0.857. The van der Waals surface area contributed by atoms with Crippen molar-refractivity contribution in [3.8, 4) is 0 Å². The van der Waals surface area contributed by atoms with Gasteiger partial charge in [0.2, 0.25) is 5.78 Å². The van der Waals surface area contributed by atoms with Crippen molar-refractivity contribution in [3.63, 3.8) is 0 Å². The van der Waals surface area contributed by atoms with E-state index < -0.39 is 5.91 Å². The zero-order chi connectivity index (χ0) is 10.8. The minimum absolute atomic E-state index is 0.155. The number of aliphatic imine (C=N–C) groups is 1. The fraction of sp³-hybridized carbons (Fsp3) is 0. The molecule has 0 unspecified atom stereocenters. The fourth-order valence-electron chi connectivity index (χ4n) is 1.11. The highest BCUT2D eigenvalue weighted by atomic mass is 16.1. The number of nitrogens with zero attached hydrogens (tertiary/aromatic N) is 4. The lowest BCUT2D eigenvalue weighted by Gasteiger charge is -1.87. The summed E-state index contributed by atoms with van der Waals surface area (Å²) in [6.07, 6.45) is 4.82. The van der Waals surface area contributed by atoms with Crippen LogP contribution in [0.3, 0.4) is 0 Å². The van der Waals surface area contributed by atoms with Crippen LogP contribution in [-0.4, -0.2) is 26.2 Å². The Morgan fingerprint density at radius 2 is 2.27 bits per heavy atom. The van der Waals surface area contributed by atoms with Crippen molar-refractivity contribution in [1.29, 1.82) is 0 Å². The minimum Gasteiger partial charge on any atom is -0.370 e. The Balaban J connectivity index is 2.45. The van der Waals surface area contributed by atoms with Gasteiger partial charge in [-0.3, -0.25) is 9.20 Å². The molecule has 0 aliphatic rings. The van der Waals surface area contributed by atoms with Crippen molar-refractivity contribution in [3.05, 3.63) is 30.4 Å². The molecule has 76 valence electrons. The third-order valence-corrected chi connectivity index (χ3v) is 1.69. The summed E-state index contributed by atoms with van der Waals surface area (Å²) >= 11 is 0. The quantitative estimate of drug-likeness (QED) is 0.464. The highest BCUT2D eigenvalue weighted by Gasteiger charge is 2.09. The second-order valence-corrected chi connectivity index (χ2v) is 2.79. The molecule has 0 radical (unpaired) electrons. The van der Waals surface area contributed by atoms with E-state index in [-0.39, 0.29) is 11.7 Å². The highest BCUT2D eigenvalue weighted by Crippen LogP contribution is 2.02. The molecule has 0 bridgehead atoms. The van der Waals surface area contributed by atoms with E-state index in [1.54, 1.807) is 22.9 Å². The van der Waals surface area contributed by atoms with Crippen molar-refractivity contribution in [1.82, 2.24) is 14.4 Å². The smallest absolute Gasteiger partial charge is 0.300 e. The lowest BCUT2D eigenvalue weighted by Crippen LogP contribution is -2.24. The average Bonchev–Trinajstić information content (AvgIpc) is 2.59. The van der Waals surface area contributed by atoms with Gasteiger partial charge in [-0.15, -0.1) is 0 Å². The molecule has 7 nitrogen and oxygen atoms in total. The number of hydrogen-bond acceptors (Lipinski definition) is 3. The summed E-state index contributed by atoms with van der Waals surface area (Å²) in [5.41, 5.74) is 10.3. The number of fused-ring (bicyclic) bond motifs is 1. The van der Waals surface area contributed by atoms with E-state index in [4.69, 9.17) is 11.5 Å². The molecule has 15 heavy (non-hydrogen) atoms. The SMILES string of the molecule is NC(N)=NC(=O)c1cn2cccnc2n1. The fourth-order valence-corrected chi connectivity index (χ4v) is 1.11. The molecule has 0 saturated heterocycles. The predicted molar refractivity (Wildman–Crippen MR) is 53.1 cm³/mol. The molecular weight excluding hydrogens is 196 g/mol. The van der Waals surface area contributed by atoms with Crippen molar-refractivity contribution < 1.29 is 4.79 Å². The van der Waals surface area contributed by atoms with Crippen LogP contribution in [0.15, 0.2) is 29.6 Å². The molecule has 0 aromatic carbocycles. The summed E-state index contributed by atoms with van der Waals surface area (Å²) in [5.74, 6) is -0.447. The van der Waals surface area contributed by atoms with Gasteiger partial charge in [-0.05, 0) is 6.07 Å². The summed E-state index contributed by atoms with van der Waals surface area (Å²) in [6.45, 7) is 0. The largest absolute Gasteiger partial charge is 0.370 e. The number of rotatable bonds is 1. The summed E-state index contributed by atoms with van der Waals surface area (Å²) in [4.78, 5) is 22.6. The molecule has 0 fully saturated rings. The van der Waals surface area contributed by atoms with Gasteiger partial charge < -0.3 is 11.5 Å². The van der Waals surface area contributed by atoms with Crippen LogP contribution in [0.2, 0.25) is 0 Å². The van der Waals surface area contributed by atoms with Crippen LogP contribution >= 0.6 is 0 Å². The number of aromatic nitrogens is 3. The lowest BCUT2D eigenvalue weighted by atomic mass is 10.4. The van der Waals surface area contributed by atoms with Crippen LogP contribution in [0.1, 0.15) is 10.5 Å². The van der Waals surface area contributed by atoms with E-state index in [1.807, 2.05) is 0 Å². The van der Waals surface area contributed by atoms with Gasteiger partial charge in [0.1, 0.15) is 0 Å². The van der Waals surface area contributed by atoms with E-state index in [0.29, 0.717) is 5.78 Å². The summed E-state index contributed by atoms with van der Waals surface area (Å²) < 4.78 is 1.61. The number of carbonyl (C=O) groups is 1. The lowest BCUT2D eigenvalue weighted by molar-refractivity contribution is 0.0998. The van der Waals surface area contributed by atoms with Gasteiger partial charge in [-0.1, -0.05) is 0 Å². The first-order chi connectivity index (χ1) is 7.16. The van der Waals surface area contributed by atoms with Crippen molar-refractivity contribution in [2.24, 2.45) is 16.5 Å². The molecule has 0 atom stereocenters. The molecule has 2 rings (SSSR count). The molecule has 0 spiro atoms. The van der Waals surface area contributed by atoms with E-state index >= 15 is 0 Å². The van der Waals surface area contributed by atoms with Gasteiger partial charge in [0, 0.05) is 18.6 Å². The minimum atomic E-state index is -0.583. The van der Waals surface area contributed by atoms with Gasteiger partial charge in [0.15, 0.2) is 11.7 Å².